The fraction of sp³-hybridized carbons (Fsp3) is 0.300. The number of carboxylic acids is 1. The second-order valence-corrected chi connectivity index (χ2v) is 3.68. The van der Waals surface area contributed by atoms with E-state index < -0.39 is 39.9 Å². The van der Waals surface area contributed by atoms with E-state index in [1.54, 1.807) is 0 Å². The Bertz CT molecular complexity index is 470. The Balaban J connectivity index is 2.96. The fourth-order valence-corrected chi connectivity index (χ4v) is 1.36. The molecule has 0 aromatic heterocycles. The van der Waals surface area contributed by atoms with Crippen LogP contribution in [0.3, 0.4) is 0 Å². The van der Waals surface area contributed by atoms with E-state index >= 15 is 0 Å². The number of rotatable bonds is 5. The number of halogens is 2. The summed E-state index contributed by atoms with van der Waals surface area (Å²) in [7, 11) is 0. The molecule has 0 amide bonds. The van der Waals surface area contributed by atoms with Gasteiger partial charge in [-0.25, -0.2) is 8.78 Å². The summed E-state index contributed by atoms with van der Waals surface area (Å²) in [4.78, 5) is 19.8. The molecule has 8 heteroatoms. The lowest BCUT2D eigenvalue weighted by atomic mass is 10.2. The number of hydrogen-bond donors (Lipinski definition) is 2. The zero-order valence-electron chi connectivity index (χ0n) is 9.31. The molecule has 2 N–H and O–H groups in total. The third kappa shape index (κ3) is 3.37. The largest absolute Gasteiger partial charge is 0.481 e. The highest BCUT2D eigenvalue weighted by molar-refractivity contribution is 5.68. The van der Waals surface area contributed by atoms with Crippen molar-refractivity contribution in [3.63, 3.8) is 0 Å². The van der Waals surface area contributed by atoms with E-state index in [-0.39, 0.29) is 6.42 Å². The molecule has 0 aliphatic heterocycles. The zero-order chi connectivity index (χ0) is 13.9. The molecule has 0 bridgehead atoms. The first-order valence-electron chi connectivity index (χ1n) is 4.93. The topological polar surface area (TPSA) is 92.5 Å². The van der Waals surface area contributed by atoms with Crippen LogP contribution in [-0.2, 0) is 4.79 Å². The van der Waals surface area contributed by atoms with E-state index in [4.69, 9.17) is 5.11 Å². The van der Waals surface area contributed by atoms with Crippen LogP contribution in [0.25, 0.3) is 0 Å². The lowest BCUT2D eigenvalue weighted by molar-refractivity contribution is -0.385. The predicted octanol–water partition coefficient (Wildman–Crippen LogP) is 2.15. The monoisotopic (exact) mass is 260 g/mol. The average Bonchev–Trinajstić information content (AvgIpc) is 2.21. The Morgan fingerprint density at radius 2 is 2.00 bits per heavy atom. The number of hydrogen-bond acceptors (Lipinski definition) is 4. The maximum atomic E-state index is 13.4. The molecule has 0 radical (unpaired) electrons. The number of nitro groups is 1. The van der Waals surface area contributed by atoms with Crippen LogP contribution in [0.5, 0.6) is 0 Å². The number of aliphatic carboxylic acids is 1. The van der Waals surface area contributed by atoms with Crippen molar-refractivity contribution in [2.24, 2.45) is 0 Å². The highest BCUT2D eigenvalue weighted by atomic mass is 19.1. The summed E-state index contributed by atoms with van der Waals surface area (Å²) < 4.78 is 26.8. The van der Waals surface area contributed by atoms with Gasteiger partial charge >= 0.3 is 5.97 Å². The fourth-order valence-electron chi connectivity index (χ4n) is 1.36. The van der Waals surface area contributed by atoms with Crippen LogP contribution in [0.4, 0.5) is 20.2 Å². The van der Waals surface area contributed by atoms with Crippen LogP contribution in [-0.4, -0.2) is 22.0 Å². The molecular formula is C10H10F2N2O4. The van der Waals surface area contributed by atoms with E-state index in [0.717, 1.165) is 0 Å². The SMILES string of the molecule is CC(CC(=O)O)Nc1c(F)cc([N+](=O)[O-])cc1F. The molecule has 0 aliphatic rings. The third-order valence-electron chi connectivity index (χ3n) is 2.11. The van der Waals surface area contributed by atoms with E-state index in [1.165, 1.54) is 6.92 Å². The molecule has 1 aromatic rings. The molecule has 98 valence electrons. The third-order valence-corrected chi connectivity index (χ3v) is 2.11. The van der Waals surface area contributed by atoms with Crippen LogP contribution in [0.2, 0.25) is 0 Å². The Hall–Kier alpha value is -2.25. The first kappa shape index (κ1) is 13.8. The normalized spacial score (nSPS) is 11.9. The van der Waals surface area contributed by atoms with Crippen molar-refractivity contribution >= 4 is 17.3 Å². The van der Waals surface area contributed by atoms with Gasteiger partial charge in [0.05, 0.1) is 23.5 Å². The van der Waals surface area contributed by atoms with Gasteiger partial charge in [-0.1, -0.05) is 0 Å². The minimum absolute atomic E-state index is 0.337. The average molecular weight is 260 g/mol. The van der Waals surface area contributed by atoms with Crippen molar-refractivity contribution in [1.29, 1.82) is 0 Å². The molecule has 1 rings (SSSR count). The molecule has 1 unspecified atom stereocenters. The molecule has 0 spiro atoms. The van der Waals surface area contributed by atoms with Gasteiger partial charge in [-0.2, -0.15) is 0 Å². The minimum atomic E-state index is -1.14. The van der Waals surface area contributed by atoms with Crippen molar-refractivity contribution < 1.29 is 23.6 Å². The molecule has 0 fully saturated rings. The van der Waals surface area contributed by atoms with Gasteiger partial charge in [0.2, 0.25) is 0 Å². The van der Waals surface area contributed by atoms with Gasteiger partial charge in [-0.15, -0.1) is 0 Å². The number of nitrogens with one attached hydrogen (secondary N) is 1. The maximum absolute atomic E-state index is 13.4. The molecule has 18 heavy (non-hydrogen) atoms. The Labute approximate surface area is 100 Å². The van der Waals surface area contributed by atoms with Gasteiger partial charge in [-0.05, 0) is 6.92 Å². The molecule has 1 atom stereocenters. The Kier molecular flexibility index (Phi) is 4.13. The van der Waals surface area contributed by atoms with E-state index in [1.807, 2.05) is 0 Å². The summed E-state index contributed by atoms with van der Waals surface area (Å²) >= 11 is 0. The van der Waals surface area contributed by atoms with E-state index in [0.29, 0.717) is 12.1 Å². The van der Waals surface area contributed by atoms with E-state index in [2.05, 4.69) is 5.32 Å². The van der Waals surface area contributed by atoms with Gasteiger partial charge in [0.25, 0.3) is 5.69 Å². The molecule has 0 saturated carbocycles. The summed E-state index contributed by atoms with van der Waals surface area (Å²) in [6.45, 7) is 1.43. The first-order valence-corrected chi connectivity index (χ1v) is 4.93. The Morgan fingerprint density at radius 1 is 1.50 bits per heavy atom. The number of non-ortho nitro benzene ring substituents is 1. The molecule has 0 heterocycles. The minimum Gasteiger partial charge on any atom is -0.481 e. The first-order chi connectivity index (χ1) is 8.31. The molecule has 0 saturated heterocycles. The Morgan fingerprint density at radius 3 is 2.39 bits per heavy atom. The van der Waals surface area contributed by atoms with Crippen LogP contribution in [0.1, 0.15) is 13.3 Å². The highest BCUT2D eigenvalue weighted by Crippen LogP contribution is 2.25. The molecule has 0 aliphatic carbocycles. The van der Waals surface area contributed by atoms with Crippen LogP contribution < -0.4 is 5.32 Å². The van der Waals surface area contributed by atoms with Gasteiger partial charge in [-0.3, -0.25) is 14.9 Å². The number of carbonyl (C=O) groups is 1. The van der Waals surface area contributed by atoms with Crippen LogP contribution in [0, 0.1) is 21.7 Å². The van der Waals surface area contributed by atoms with Gasteiger partial charge in [0.15, 0.2) is 11.6 Å². The summed E-state index contributed by atoms with van der Waals surface area (Å²) in [5, 5.41) is 21.2. The smallest absolute Gasteiger partial charge is 0.305 e. The maximum Gasteiger partial charge on any atom is 0.305 e. The van der Waals surface area contributed by atoms with Gasteiger partial charge < -0.3 is 10.4 Å². The highest BCUT2D eigenvalue weighted by Gasteiger charge is 2.19. The lowest BCUT2D eigenvalue weighted by Crippen LogP contribution is -2.20. The summed E-state index contributed by atoms with van der Waals surface area (Å²) in [6.07, 6.45) is -0.337. The number of carboxylic acid groups (broad SMARTS) is 1. The van der Waals surface area contributed by atoms with Crippen molar-refractivity contribution in [2.45, 2.75) is 19.4 Å². The van der Waals surface area contributed by atoms with Gasteiger partial charge in [0.1, 0.15) is 5.69 Å². The zero-order valence-corrected chi connectivity index (χ0v) is 9.31. The second-order valence-electron chi connectivity index (χ2n) is 3.68. The predicted molar refractivity (Wildman–Crippen MR) is 58.3 cm³/mol. The summed E-state index contributed by atoms with van der Waals surface area (Å²) in [6, 6.07) is 0.422. The second kappa shape index (κ2) is 5.39. The lowest BCUT2D eigenvalue weighted by Gasteiger charge is -2.14. The molecule has 6 nitrogen and oxygen atoms in total. The van der Waals surface area contributed by atoms with Crippen molar-refractivity contribution in [2.75, 3.05) is 5.32 Å². The number of benzene rings is 1. The van der Waals surface area contributed by atoms with Crippen molar-refractivity contribution in [1.82, 2.24) is 0 Å². The quantitative estimate of drug-likeness (QED) is 0.625. The van der Waals surface area contributed by atoms with Crippen LogP contribution in [0.15, 0.2) is 12.1 Å². The molecular weight excluding hydrogens is 250 g/mol. The summed E-state index contributed by atoms with van der Waals surface area (Å²) in [5.74, 6) is -3.41. The van der Waals surface area contributed by atoms with Crippen molar-refractivity contribution in [3.8, 4) is 0 Å². The standard InChI is InChI=1S/C10H10F2N2O4/c1-5(2-9(15)16)13-10-7(11)3-6(14(17)18)4-8(10)12/h3-5,13H,2H2,1H3,(H,15,16). The number of nitrogens with zero attached hydrogens (tertiary/aromatic N) is 1. The van der Waals surface area contributed by atoms with E-state index in [9.17, 15) is 23.7 Å². The van der Waals surface area contributed by atoms with Crippen molar-refractivity contribution in [3.05, 3.63) is 33.9 Å². The van der Waals surface area contributed by atoms with Gasteiger partial charge in [0, 0.05) is 6.04 Å². The number of nitro benzene ring substituents is 1. The molecule has 1 aromatic carbocycles. The number of anilines is 1. The van der Waals surface area contributed by atoms with Crippen LogP contribution >= 0.6 is 0 Å². The summed E-state index contributed by atoms with van der Waals surface area (Å²) in [5.41, 5.74) is -1.28.